The highest BCUT2D eigenvalue weighted by atomic mass is 19.1. The molecule has 1 amide bonds. The van der Waals surface area contributed by atoms with E-state index in [0.29, 0.717) is 0 Å². The molecule has 0 bridgehead atoms. The molecule has 0 fully saturated rings. The first-order chi connectivity index (χ1) is 9.65. The Bertz CT molecular complexity index is 537. The lowest BCUT2D eigenvalue weighted by Crippen LogP contribution is -2.42. The smallest absolute Gasteiger partial charge is 0.328 e. The van der Waals surface area contributed by atoms with E-state index in [4.69, 9.17) is 9.47 Å². The number of benzene rings is 1. The van der Waals surface area contributed by atoms with Gasteiger partial charge < -0.3 is 14.8 Å². The van der Waals surface area contributed by atoms with Crippen LogP contribution in [0.2, 0.25) is 0 Å². The number of halogens is 1. The van der Waals surface area contributed by atoms with E-state index < -0.39 is 29.3 Å². The van der Waals surface area contributed by atoms with E-state index in [1.54, 1.807) is 20.8 Å². The van der Waals surface area contributed by atoms with Crippen molar-refractivity contribution in [3.05, 3.63) is 29.6 Å². The Balaban J connectivity index is 2.85. The molecular weight excluding hydrogens is 277 g/mol. The fourth-order valence-electron chi connectivity index (χ4n) is 1.61. The molecule has 1 N–H and O–H groups in total. The summed E-state index contributed by atoms with van der Waals surface area (Å²) in [5.74, 6) is -1.94. The van der Waals surface area contributed by atoms with Crippen LogP contribution < -0.4 is 10.1 Å². The zero-order chi connectivity index (χ0) is 16.2. The molecule has 21 heavy (non-hydrogen) atoms. The van der Waals surface area contributed by atoms with Crippen molar-refractivity contribution in [3.8, 4) is 5.75 Å². The topological polar surface area (TPSA) is 64.6 Å². The molecule has 0 aliphatic heterocycles. The van der Waals surface area contributed by atoms with Gasteiger partial charge in [0, 0.05) is 0 Å². The number of nitrogens with one attached hydrogen (secondary N) is 1. The van der Waals surface area contributed by atoms with Crippen molar-refractivity contribution in [3.63, 3.8) is 0 Å². The van der Waals surface area contributed by atoms with Gasteiger partial charge in [-0.05, 0) is 39.8 Å². The summed E-state index contributed by atoms with van der Waals surface area (Å²) < 4.78 is 23.9. The lowest BCUT2D eigenvalue weighted by molar-refractivity contribution is -0.156. The average molecular weight is 297 g/mol. The molecule has 1 atom stereocenters. The van der Waals surface area contributed by atoms with Crippen molar-refractivity contribution in [1.82, 2.24) is 5.32 Å². The van der Waals surface area contributed by atoms with Gasteiger partial charge in [0.1, 0.15) is 28.8 Å². The third-order valence-corrected chi connectivity index (χ3v) is 2.53. The maximum Gasteiger partial charge on any atom is 0.328 e. The van der Waals surface area contributed by atoms with Gasteiger partial charge in [-0.3, -0.25) is 4.79 Å². The predicted molar refractivity (Wildman–Crippen MR) is 75.7 cm³/mol. The zero-order valence-corrected chi connectivity index (χ0v) is 12.8. The number of ether oxygens (including phenoxy) is 2. The molecule has 0 saturated carbocycles. The lowest BCUT2D eigenvalue weighted by atomic mass is 10.1. The van der Waals surface area contributed by atoms with Crippen LogP contribution in [0.5, 0.6) is 5.75 Å². The van der Waals surface area contributed by atoms with Crippen LogP contribution in [-0.4, -0.2) is 30.6 Å². The average Bonchev–Trinajstić information content (AvgIpc) is 2.35. The van der Waals surface area contributed by atoms with Gasteiger partial charge in [0.15, 0.2) is 0 Å². The van der Waals surface area contributed by atoms with Gasteiger partial charge in [-0.2, -0.15) is 0 Å². The van der Waals surface area contributed by atoms with E-state index in [1.165, 1.54) is 26.2 Å². The summed E-state index contributed by atoms with van der Waals surface area (Å²) in [5.41, 5.74) is -0.901. The van der Waals surface area contributed by atoms with E-state index in [9.17, 15) is 14.0 Å². The summed E-state index contributed by atoms with van der Waals surface area (Å²) in [6, 6.07) is 3.15. The van der Waals surface area contributed by atoms with E-state index in [1.807, 2.05) is 0 Å². The molecule has 5 nitrogen and oxygen atoms in total. The maximum absolute atomic E-state index is 13.8. The molecule has 116 valence electrons. The molecule has 1 rings (SSSR count). The third-order valence-electron chi connectivity index (χ3n) is 2.53. The minimum absolute atomic E-state index is 0.101. The van der Waals surface area contributed by atoms with Crippen LogP contribution in [0.1, 0.15) is 38.1 Å². The number of rotatable bonds is 4. The first-order valence-corrected chi connectivity index (χ1v) is 6.52. The van der Waals surface area contributed by atoms with Crippen molar-refractivity contribution in [1.29, 1.82) is 0 Å². The van der Waals surface area contributed by atoms with Crippen LogP contribution in [0, 0.1) is 5.82 Å². The molecule has 1 aromatic rings. The largest absolute Gasteiger partial charge is 0.496 e. The molecule has 0 saturated heterocycles. The van der Waals surface area contributed by atoms with Crippen LogP contribution in [0.4, 0.5) is 4.39 Å². The first-order valence-electron chi connectivity index (χ1n) is 6.52. The highest BCUT2D eigenvalue weighted by Crippen LogP contribution is 2.21. The minimum atomic E-state index is -0.902. The quantitative estimate of drug-likeness (QED) is 0.866. The highest BCUT2D eigenvalue weighted by molar-refractivity contribution is 5.99. The molecule has 1 aromatic carbocycles. The second-order valence-corrected chi connectivity index (χ2v) is 5.55. The standard InChI is InChI=1S/C15H20FNO4/c1-9(14(19)21-15(2,3)4)17-13(18)12-10(16)7-6-8-11(12)20-5/h6-9H,1-5H3,(H,17,18)/t9-/m0/s1. The van der Waals surface area contributed by atoms with Crippen LogP contribution in [0.15, 0.2) is 18.2 Å². The maximum atomic E-state index is 13.8. The van der Waals surface area contributed by atoms with Crippen LogP contribution in [0.25, 0.3) is 0 Å². The summed E-state index contributed by atoms with van der Waals surface area (Å²) in [5, 5.41) is 2.40. The monoisotopic (exact) mass is 297 g/mol. The summed E-state index contributed by atoms with van der Waals surface area (Å²) >= 11 is 0. The summed E-state index contributed by atoms with van der Waals surface area (Å²) in [6.07, 6.45) is 0. The summed E-state index contributed by atoms with van der Waals surface area (Å²) in [6.45, 7) is 6.64. The molecule has 0 heterocycles. The van der Waals surface area contributed by atoms with Gasteiger partial charge in [0.05, 0.1) is 7.11 Å². The molecule has 0 radical (unpaired) electrons. The normalized spacial score (nSPS) is 12.5. The summed E-state index contributed by atoms with van der Waals surface area (Å²) in [7, 11) is 1.34. The number of methoxy groups -OCH3 is 1. The molecule has 0 unspecified atom stereocenters. The van der Waals surface area contributed by atoms with Gasteiger partial charge in [0.2, 0.25) is 0 Å². The molecule has 0 aliphatic carbocycles. The Labute approximate surface area is 123 Å². The van der Waals surface area contributed by atoms with E-state index in [0.717, 1.165) is 6.07 Å². The second-order valence-electron chi connectivity index (χ2n) is 5.55. The van der Waals surface area contributed by atoms with Gasteiger partial charge in [-0.1, -0.05) is 6.07 Å². The molecule has 0 aliphatic rings. The van der Waals surface area contributed by atoms with Gasteiger partial charge in [0.25, 0.3) is 5.91 Å². The van der Waals surface area contributed by atoms with Crippen LogP contribution in [-0.2, 0) is 9.53 Å². The van der Waals surface area contributed by atoms with Crippen LogP contribution in [0.3, 0.4) is 0 Å². The number of esters is 1. The number of amides is 1. The van der Waals surface area contributed by atoms with E-state index >= 15 is 0 Å². The SMILES string of the molecule is COc1cccc(F)c1C(=O)N[C@@H](C)C(=O)OC(C)(C)C. The van der Waals surface area contributed by atoms with Crippen molar-refractivity contribution >= 4 is 11.9 Å². The first kappa shape index (κ1) is 16.9. The van der Waals surface area contributed by atoms with Gasteiger partial charge in [-0.15, -0.1) is 0 Å². The fourth-order valence-corrected chi connectivity index (χ4v) is 1.61. The minimum Gasteiger partial charge on any atom is -0.496 e. The van der Waals surface area contributed by atoms with Gasteiger partial charge in [-0.25, -0.2) is 9.18 Å². The molecule has 6 heteroatoms. The zero-order valence-electron chi connectivity index (χ0n) is 12.8. The molecule has 0 spiro atoms. The number of carbonyl (C=O) groups is 2. The molecule has 0 aromatic heterocycles. The Kier molecular flexibility index (Phi) is 5.29. The summed E-state index contributed by atoms with van der Waals surface area (Å²) in [4.78, 5) is 23.9. The fraction of sp³-hybridized carbons (Fsp3) is 0.467. The number of carbonyl (C=O) groups excluding carboxylic acids is 2. The highest BCUT2D eigenvalue weighted by Gasteiger charge is 2.25. The predicted octanol–water partition coefficient (Wildman–Crippen LogP) is 2.29. The van der Waals surface area contributed by atoms with Crippen molar-refractivity contribution in [2.45, 2.75) is 39.3 Å². The van der Waals surface area contributed by atoms with Gasteiger partial charge >= 0.3 is 5.97 Å². The lowest BCUT2D eigenvalue weighted by Gasteiger charge is -2.22. The molecular formula is C15H20FNO4. The number of hydrogen-bond donors (Lipinski definition) is 1. The Morgan fingerprint density at radius 3 is 2.43 bits per heavy atom. The third kappa shape index (κ3) is 4.73. The Hall–Kier alpha value is -2.11. The van der Waals surface area contributed by atoms with Crippen molar-refractivity contribution < 1.29 is 23.5 Å². The van der Waals surface area contributed by atoms with E-state index in [2.05, 4.69) is 5.32 Å². The second kappa shape index (κ2) is 6.56. The Morgan fingerprint density at radius 1 is 1.29 bits per heavy atom. The van der Waals surface area contributed by atoms with Crippen LogP contribution >= 0.6 is 0 Å². The Morgan fingerprint density at radius 2 is 1.90 bits per heavy atom. The van der Waals surface area contributed by atoms with Crippen molar-refractivity contribution in [2.24, 2.45) is 0 Å². The van der Waals surface area contributed by atoms with E-state index in [-0.39, 0.29) is 11.3 Å². The number of hydrogen-bond acceptors (Lipinski definition) is 4. The van der Waals surface area contributed by atoms with Crippen molar-refractivity contribution in [2.75, 3.05) is 7.11 Å².